The molecule has 0 aliphatic rings. The molecule has 0 radical (unpaired) electrons. The fourth-order valence-corrected chi connectivity index (χ4v) is 1.42. The predicted molar refractivity (Wildman–Crippen MR) is 66.1 cm³/mol. The molecule has 4 N–H and O–H groups in total. The Bertz CT molecular complexity index is 340. The lowest BCUT2D eigenvalue weighted by Gasteiger charge is -2.06. The van der Waals surface area contributed by atoms with Crippen LogP contribution in [0.1, 0.15) is 12.0 Å². The van der Waals surface area contributed by atoms with Gasteiger partial charge in [-0.25, -0.2) is 4.39 Å². The largest absolute Gasteiger partial charge is 0.491 e. The molecule has 0 aliphatic carbocycles. The van der Waals surface area contributed by atoms with Crippen molar-refractivity contribution in [2.45, 2.75) is 12.8 Å². The van der Waals surface area contributed by atoms with Gasteiger partial charge in [-0.1, -0.05) is 12.1 Å². The van der Waals surface area contributed by atoms with E-state index in [2.05, 4.69) is 5.32 Å². The molecule has 0 aromatic heterocycles. The fourth-order valence-electron chi connectivity index (χ4n) is 1.42. The molecule has 4 nitrogen and oxygen atoms in total. The number of hydrogen-bond donors (Lipinski definition) is 3. The van der Waals surface area contributed by atoms with Crippen LogP contribution in [0, 0.1) is 5.41 Å². The number of nitrogens with one attached hydrogen (secondary N) is 2. The molecule has 0 saturated carbocycles. The molecule has 1 aromatic rings. The Kier molecular flexibility index (Phi) is 5.85. The third kappa shape index (κ3) is 5.75. The minimum atomic E-state index is -0.474. The first-order valence-corrected chi connectivity index (χ1v) is 5.58. The molecule has 0 amide bonds. The van der Waals surface area contributed by atoms with Crippen LogP contribution < -0.4 is 15.8 Å². The highest BCUT2D eigenvalue weighted by molar-refractivity contribution is 5.74. The van der Waals surface area contributed by atoms with Crippen molar-refractivity contribution in [2.75, 3.05) is 19.8 Å². The minimum absolute atomic E-state index is 0.0000275. The Morgan fingerprint density at radius 2 is 2.06 bits per heavy atom. The maximum atomic E-state index is 11.9. The molecule has 1 rings (SSSR count). The zero-order chi connectivity index (χ0) is 12.5. The van der Waals surface area contributed by atoms with Gasteiger partial charge >= 0.3 is 0 Å². The SMILES string of the molecule is N=C(N)NCCCc1ccc(OCCF)cc1. The summed E-state index contributed by atoms with van der Waals surface area (Å²) in [4.78, 5) is 0. The first kappa shape index (κ1) is 13.3. The van der Waals surface area contributed by atoms with E-state index in [1.165, 1.54) is 5.56 Å². The molecular weight excluding hydrogens is 221 g/mol. The van der Waals surface area contributed by atoms with Crippen molar-refractivity contribution in [3.05, 3.63) is 29.8 Å². The lowest BCUT2D eigenvalue weighted by Crippen LogP contribution is -2.31. The molecule has 0 saturated heterocycles. The quantitative estimate of drug-likeness (QED) is 0.383. The number of rotatable bonds is 7. The number of alkyl halides is 1. The van der Waals surface area contributed by atoms with Gasteiger partial charge in [-0.2, -0.15) is 0 Å². The zero-order valence-corrected chi connectivity index (χ0v) is 9.71. The zero-order valence-electron chi connectivity index (χ0n) is 9.71. The van der Waals surface area contributed by atoms with E-state index in [4.69, 9.17) is 15.9 Å². The molecule has 0 bridgehead atoms. The van der Waals surface area contributed by atoms with Crippen molar-refractivity contribution in [1.29, 1.82) is 5.41 Å². The maximum absolute atomic E-state index is 11.9. The summed E-state index contributed by atoms with van der Waals surface area (Å²) in [5.41, 5.74) is 6.35. The van der Waals surface area contributed by atoms with E-state index in [1.54, 1.807) is 0 Å². The van der Waals surface area contributed by atoms with Crippen LogP contribution >= 0.6 is 0 Å². The molecule has 0 fully saturated rings. The van der Waals surface area contributed by atoms with Crippen LogP contribution in [0.5, 0.6) is 5.75 Å². The Morgan fingerprint density at radius 1 is 1.35 bits per heavy atom. The van der Waals surface area contributed by atoms with Crippen LogP contribution in [0.25, 0.3) is 0 Å². The van der Waals surface area contributed by atoms with E-state index >= 15 is 0 Å². The topological polar surface area (TPSA) is 71.1 Å². The van der Waals surface area contributed by atoms with E-state index in [9.17, 15) is 4.39 Å². The summed E-state index contributed by atoms with van der Waals surface area (Å²) < 4.78 is 17.0. The number of ether oxygens (including phenoxy) is 1. The second-order valence-corrected chi connectivity index (χ2v) is 3.63. The van der Waals surface area contributed by atoms with Crippen LogP contribution in [-0.4, -0.2) is 25.8 Å². The number of nitrogens with two attached hydrogens (primary N) is 1. The summed E-state index contributed by atoms with van der Waals surface area (Å²) in [5, 5.41) is 9.74. The third-order valence-corrected chi connectivity index (χ3v) is 2.23. The van der Waals surface area contributed by atoms with Gasteiger partial charge in [0.25, 0.3) is 0 Å². The molecule has 0 unspecified atom stereocenters. The third-order valence-electron chi connectivity index (χ3n) is 2.23. The summed E-state index contributed by atoms with van der Waals surface area (Å²) >= 11 is 0. The first-order valence-electron chi connectivity index (χ1n) is 5.58. The smallest absolute Gasteiger partial charge is 0.185 e. The molecule has 17 heavy (non-hydrogen) atoms. The molecular formula is C12H18FN3O. The van der Waals surface area contributed by atoms with Crippen molar-refractivity contribution in [1.82, 2.24) is 5.32 Å². The number of aryl methyl sites for hydroxylation is 1. The predicted octanol–water partition coefficient (Wildman–Crippen LogP) is 1.45. The molecule has 0 spiro atoms. The average molecular weight is 239 g/mol. The Labute approximate surface area is 100 Å². The lowest BCUT2D eigenvalue weighted by molar-refractivity contribution is 0.273. The van der Waals surface area contributed by atoms with Crippen LogP contribution in [0.15, 0.2) is 24.3 Å². The molecule has 1 aromatic carbocycles. The van der Waals surface area contributed by atoms with Crippen LogP contribution in [-0.2, 0) is 6.42 Å². The molecule has 5 heteroatoms. The number of halogens is 1. The van der Waals surface area contributed by atoms with Gasteiger partial charge < -0.3 is 15.8 Å². The second kappa shape index (κ2) is 7.49. The first-order chi connectivity index (χ1) is 8.22. The van der Waals surface area contributed by atoms with Crippen molar-refractivity contribution in [3.63, 3.8) is 0 Å². The number of guanidine groups is 1. The molecule has 94 valence electrons. The number of benzene rings is 1. The van der Waals surface area contributed by atoms with Gasteiger partial charge in [0.2, 0.25) is 0 Å². The van der Waals surface area contributed by atoms with Crippen LogP contribution in [0.2, 0.25) is 0 Å². The standard InChI is InChI=1S/C12H18FN3O/c13-7-9-17-11-5-3-10(4-6-11)2-1-8-16-12(14)15/h3-6H,1-2,7-9H2,(H4,14,15,16). The van der Waals surface area contributed by atoms with E-state index < -0.39 is 6.67 Å². The molecule has 0 atom stereocenters. The lowest BCUT2D eigenvalue weighted by atomic mass is 10.1. The fraction of sp³-hybridized carbons (Fsp3) is 0.417. The Balaban J connectivity index is 2.27. The van der Waals surface area contributed by atoms with Gasteiger partial charge in [0.1, 0.15) is 19.0 Å². The summed E-state index contributed by atoms with van der Waals surface area (Å²) in [5.74, 6) is 0.688. The Morgan fingerprint density at radius 3 is 2.65 bits per heavy atom. The highest BCUT2D eigenvalue weighted by atomic mass is 19.1. The average Bonchev–Trinajstić information content (AvgIpc) is 2.33. The number of hydrogen-bond acceptors (Lipinski definition) is 2. The van der Waals surface area contributed by atoms with Gasteiger partial charge in [0.15, 0.2) is 5.96 Å². The monoisotopic (exact) mass is 239 g/mol. The molecule has 0 heterocycles. The van der Waals surface area contributed by atoms with Crippen molar-refractivity contribution < 1.29 is 9.13 Å². The summed E-state index contributed by atoms with van der Waals surface area (Å²) in [6.07, 6.45) is 1.81. The van der Waals surface area contributed by atoms with Crippen LogP contribution in [0.4, 0.5) is 4.39 Å². The normalized spacial score (nSPS) is 9.94. The summed E-state index contributed by atoms with van der Waals surface area (Å²) in [7, 11) is 0. The van der Waals surface area contributed by atoms with Crippen molar-refractivity contribution in [2.24, 2.45) is 5.73 Å². The second-order valence-electron chi connectivity index (χ2n) is 3.63. The Hall–Kier alpha value is -1.78. The van der Waals surface area contributed by atoms with Gasteiger partial charge in [0, 0.05) is 6.54 Å². The van der Waals surface area contributed by atoms with Crippen molar-refractivity contribution in [3.8, 4) is 5.75 Å². The minimum Gasteiger partial charge on any atom is -0.491 e. The van der Waals surface area contributed by atoms with Crippen LogP contribution in [0.3, 0.4) is 0 Å². The van der Waals surface area contributed by atoms with Gasteiger partial charge in [-0.05, 0) is 30.5 Å². The highest BCUT2D eigenvalue weighted by Crippen LogP contribution is 2.13. The van der Waals surface area contributed by atoms with E-state index in [1.807, 2.05) is 24.3 Å². The van der Waals surface area contributed by atoms with Crippen molar-refractivity contribution >= 4 is 5.96 Å². The molecule has 0 aliphatic heterocycles. The van der Waals surface area contributed by atoms with E-state index in [0.29, 0.717) is 12.3 Å². The summed E-state index contributed by atoms with van der Waals surface area (Å²) in [6.45, 7) is 0.315. The van der Waals surface area contributed by atoms with Gasteiger partial charge in [0.05, 0.1) is 0 Å². The summed E-state index contributed by atoms with van der Waals surface area (Å²) in [6, 6.07) is 7.59. The maximum Gasteiger partial charge on any atom is 0.185 e. The van der Waals surface area contributed by atoms with E-state index in [0.717, 1.165) is 12.8 Å². The van der Waals surface area contributed by atoms with Gasteiger partial charge in [-0.15, -0.1) is 0 Å². The van der Waals surface area contributed by atoms with E-state index in [-0.39, 0.29) is 12.6 Å². The van der Waals surface area contributed by atoms with Gasteiger partial charge in [-0.3, -0.25) is 5.41 Å². The highest BCUT2D eigenvalue weighted by Gasteiger charge is 1.96.